The molecule has 0 fully saturated rings. The van der Waals surface area contributed by atoms with Crippen molar-refractivity contribution in [2.45, 2.75) is 45.6 Å². The Hall–Kier alpha value is -0.860. The molecule has 2 nitrogen and oxygen atoms in total. The van der Waals surface area contributed by atoms with Crippen LogP contribution < -0.4 is 5.73 Å². The smallest absolute Gasteiger partial charge is 0.0480 e. The molecule has 1 unspecified atom stereocenters. The Bertz CT molecular complexity index is 312. The summed E-state index contributed by atoms with van der Waals surface area (Å²) in [5.41, 5.74) is 8.79. The number of hydrogen-bond acceptors (Lipinski definition) is 2. The monoisotopic (exact) mass is 235 g/mol. The van der Waals surface area contributed by atoms with Crippen molar-refractivity contribution in [2.24, 2.45) is 5.73 Å². The molecule has 2 N–H and O–H groups in total. The summed E-state index contributed by atoms with van der Waals surface area (Å²) in [6.45, 7) is 5.97. The van der Waals surface area contributed by atoms with Gasteiger partial charge in [-0.25, -0.2) is 0 Å². The Labute approximate surface area is 105 Å². The van der Waals surface area contributed by atoms with Crippen LogP contribution in [0.4, 0.5) is 0 Å². The van der Waals surface area contributed by atoms with Gasteiger partial charge in [0.1, 0.15) is 0 Å². The van der Waals surface area contributed by atoms with Crippen molar-refractivity contribution in [1.29, 1.82) is 0 Å². The van der Waals surface area contributed by atoms with E-state index in [1.54, 1.807) is 0 Å². The molecule has 0 saturated heterocycles. The highest BCUT2D eigenvalue weighted by molar-refractivity contribution is 5.26. The minimum Gasteiger partial charge on any atom is -0.381 e. The summed E-state index contributed by atoms with van der Waals surface area (Å²) in [5.74, 6) is 0. The summed E-state index contributed by atoms with van der Waals surface area (Å²) in [6, 6.07) is 8.65. The molecule has 0 aliphatic heterocycles. The second-order valence-electron chi connectivity index (χ2n) is 4.65. The van der Waals surface area contributed by atoms with Crippen LogP contribution in [0.15, 0.2) is 24.3 Å². The quantitative estimate of drug-likeness (QED) is 0.703. The van der Waals surface area contributed by atoms with E-state index in [9.17, 15) is 0 Å². The van der Waals surface area contributed by atoms with Crippen LogP contribution in [-0.4, -0.2) is 19.3 Å². The lowest BCUT2D eigenvalue weighted by Crippen LogP contribution is -2.25. The van der Waals surface area contributed by atoms with Gasteiger partial charge in [0.25, 0.3) is 0 Å². The van der Waals surface area contributed by atoms with E-state index in [1.807, 2.05) is 0 Å². The molecule has 0 spiro atoms. The molecule has 0 heterocycles. The predicted molar refractivity (Wildman–Crippen MR) is 73.2 cm³/mol. The van der Waals surface area contributed by atoms with Crippen LogP contribution in [0.3, 0.4) is 0 Å². The summed E-state index contributed by atoms with van der Waals surface area (Å²) < 4.78 is 5.53. The van der Waals surface area contributed by atoms with Gasteiger partial charge in [-0.3, -0.25) is 0 Å². The van der Waals surface area contributed by atoms with Gasteiger partial charge in [-0.1, -0.05) is 37.6 Å². The molecule has 0 aromatic heterocycles. The Morgan fingerprint density at radius 3 is 2.71 bits per heavy atom. The van der Waals surface area contributed by atoms with Crippen molar-refractivity contribution in [3.63, 3.8) is 0 Å². The fourth-order valence-electron chi connectivity index (χ4n) is 1.81. The van der Waals surface area contributed by atoms with Crippen molar-refractivity contribution in [1.82, 2.24) is 0 Å². The van der Waals surface area contributed by atoms with E-state index in [2.05, 4.69) is 38.1 Å². The first-order valence-electron chi connectivity index (χ1n) is 6.62. The van der Waals surface area contributed by atoms with Gasteiger partial charge < -0.3 is 10.5 Å². The number of rotatable bonds is 8. The van der Waals surface area contributed by atoms with Crippen LogP contribution in [0, 0.1) is 6.92 Å². The topological polar surface area (TPSA) is 35.2 Å². The Kier molecular flexibility index (Phi) is 6.90. The van der Waals surface area contributed by atoms with Crippen molar-refractivity contribution in [2.75, 3.05) is 13.2 Å². The summed E-state index contributed by atoms with van der Waals surface area (Å²) in [5, 5.41) is 0. The maximum Gasteiger partial charge on any atom is 0.0480 e. The number of ether oxygens (including phenoxy) is 1. The van der Waals surface area contributed by atoms with Crippen molar-refractivity contribution < 1.29 is 4.74 Å². The second-order valence-corrected chi connectivity index (χ2v) is 4.65. The third kappa shape index (κ3) is 5.85. The molecule has 0 aliphatic rings. The van der Waals surface area contributed by atoms with Gasteiger partial charge in [0, 0.05) is 19.3 Å². The highest BCUT2D eigenvalue weighted by Gasteiger charge is 2.05. The zero-order chi connectivity index (χ0) is 12.5. The summed E-state index contributed by atoms with van der Waals surface area (Å²) >= 11 is 0. The van der Waals surface area contributed by atoms with Crippen LogP contribution in [0.2, 0.25) is 0 Å². The van der Waals surface area contributed by atoms with E-state index in [4.69, 9.17) is 10.5 Å². The van der Waals surface area contributed by atoms with Crippen molar-refractivity contribution in [3.8, 4) is 0 Å². The number of aryl methyl sites for hydroxylation is 1. The van der Waals surface area contributed by atoms with Crippen LogP contribution in [-0.2, 0) is 11.2 Å². The fourth-order valence-corrected chi connectivity index (χ4v) is 1.81. The van der Waals surface area contributed by atoms with Crippen molar-refractivity contribution >= 4 is 0 Å². The highest BCUT2D eigenvalue weighted by Crippen LogP contribution is 2.10. The first-order chi connectivity index (χ1) is 8.24. The van der Waals surface area contributed by atoms with Gasteiger partial charge in [-0.2, -0.15) is 0 Å². The number of unbranched alkanes of at least 4 members (excludes halogenated alkanes) is 1. The fraction of sp³-hybridized carbons (Fsp3) is 0.600. The normalized spacial score (nSPS) is 12.6. The van der Waals surface area contributed by atoms with Crippen LogP contribution in [0.5, 0.6) is 0 Å². The Morgan fingerprint density at radius 2 is 2.00 bits per heavy atom. The molecule has 1 aromatic rings. The van der Waals surface area contributed by atoms with Gasteiger partial charge >= 0.3 is 0 Å². The second kappa shape index (κ2) is 8.26. The van der Waals surface area contributed by atoms with Crippen LogP contribution >= 0.6 is 0 Å². The standard InChI is InChI=1S/C15H25NO/c1-3-4-10-17-11-9-15(16)12-14-8-6-5-7-13(14)2/h5-8,15H,3-4,9-12,16H2,1-2H3. The summed E-state index contributed by atoms with van der Waals surface area (Å²) in [6.07, 6.45) is 4.23. The maximum atomic E-state index is 6.11. The lowest BCUT2D eigenvalue weighted by molar-refractivity contribution is 0.124. The van der Waals surface area contributed by atoms with E-state index in [0.29, 0.717) is 0 Å². The lowest BCUT2D eigenvalue weighted by atomic mass is 10.0. The highest BCUT2D eigenvalue weighted by atomic mass is 16.5. The Morgan fingerprint density at radius 1 is 1.24 bits per heavy atom. The molecule has 96 valence electrons. The van der Waals surface area contributed by atoms with E-state index in [-0.39, 0.29) is 6.04 Å². The molecule has 1 atom stereocenters. The zero-order valence-electron chi connectivity index (χ0n) is 11.1. The number of nitrogens with two attached hydrogens (primary N) is 1. The molecule has 0 bridgehead atoms. The molecule has 2 heteroatoms. The average Bonchev–Trinajstić information content (AvgIpc) is 2.32. The molecule has 1 aromatic carbocycles. The molecule has 1 rings (SSSR count). The van der Waals surface area contributed by atoms with Crippen LogP contribution in [0.1, 0.15) is 37.3 Å². The molecule has 0 saturated carbocycles. The third-order valence-corrected chi connectivity index (χ3v) is 3.02. The van der Waals surface area contributed by atoms with E-state index >= 15 is 0 Å². The van der Waals surface area contributed by atoms with Crippen molar-refractivity contribution in [3.05, 3.63) is 35.4 Å². The number of benzene rings is 1. The summed E-state index contributed by atoms with van der Waals surface area (Å²) in [7, 11) is 0. The van der Waals surface area contributed by atoms with Gasteiger partial charge in [0.15, 0.2) is 0 Å². The maximum absolute atomic E-state index is 6.11. The first-order valence-corrected chi connectivity index (χ1v) is 6.62. The zero-order valence-corrected chi connectivity index (χ0v) is 11.1. The van der Waals surface area contributed by atoms with E-state index < -0.39 is 0 Å². The average molecular weight is 235 g/mol. The van der Waals surface area contributed by atoms with Gasteiger partial charge in [0.2, 0.25) is 0 Å². The molecule has 0 aliphatic carbocycles. The first kappa shape index (κ1) is 14.2. The molecule has 17 heavy (non-hydrogen) atoms. The number of hydrogen-bond donors (Lipinski definition) is 1. The van der Waals surface area contributed by atoms with Gasteiger partial charge in [-0.05, 0) is 37.3 Å². The molecular weight excluding hydrogens is 210 g/mol. The minimum atomic E-state index is 0.206. The largest absolute Gasteiger partial charge is 0.381 e. The lowest BCUT2D eigenvalue weighted by Gasteiger charge is -2.13. The van der Waals surface area contributed by atoms with Gasteiger partial charge in [0.05, 0.1) is 0 Å². The van der Waals surface area contributed by atoms with E-state index in [1.165, 1.54) is 17.5 Å². The third-order valence-electron chi connectivity index (χ3n) is 3.02. The molecule has 0 radical (unpaired) electrons. The van der Waals surface area contributed by atoms with Gasteiger partial charge in [-0.15, -0.1) is 0 Å². The summed E-state index contributed by atoms with van der Waals surface area (Å²) in [4.78, 5) is 0. The van der Waals surface area contributed by atoms with Crippen LogP contribution in [0.25, 0.3) is 0 Å². The predicted octanol–water partition coefficient (Wildman–Crippen LogP) is 3.07. The Balaban J connectivity index is 2.21. The molecule has 0 amide bonds. The van der Waals surface area contributed by atoms with E-state index in [0.717, 1.165) is 32.5 Å². The minimum absolute atomic E-state index is 0.206. The molecular formula is C15H25NO. The SMILES string of the molecule is CCCCOCCC(N)Cc1ccccc1C.